The number of furan rings is 2. The Kier molecular flexibility index (Phi) is 9.25. The van der Waals surface area contributed by atoms with E-state index in [-0.39, 0.29) is 7.25 Å². The summed E-state index contributed by atoms with van der Waals surface area (Å²) < 4.78 is 12.9. The molecule has 0 saturated carbocycles. The first kappa shape index (κ1) is 40.1. The Morgan fingerprint density at radius 3 is 1.23 bits per heavy atom. The number of allylic oxidation sites excluding steroid dienone is 2. The second-order valence-corrected chi connectivity index (χ2v) is 56.9. The van der Waals surface area contributed by atoms with E-state index in [1.54, 1.807) is 0 Å². The summed E-state index contributed by atoms with van der Waals surface area (Å²) in [6.45, 7) is 9.22. The summed E-state index contributed by atoms with van der Waals surface area (Å²) in [5.41, 5.74) is 12.6. The van der Waals surface area contributed by atoms with Crippen molar-refractivity contribution in [2.24, 2.45) is 0 Å². The molecule has 12 rings (SSSR count). The van der Waals surface area contributed by atoms with E-state index in [4.69, 9.17) is 8.83 Å². The predicted molar refractivity (Wildman–Crippen MR) is 271 cm³/mol. The molecule has 310 valence electrons. The number of aryl methyl sites for hydroxylation is 2. The van der Waals surface area contributed by atoms with E-state index in [0.29, 0.717) is 0 Å². The zero-order valence-electron chi connectivity index (χ0n) is 36.0. The van der Waals surface area contributed by atoms with Crippen LogP contribution in [0.15, 0.2) is 179 Å². The van der Waals surface area contributed by atoms with Gasteiger partial charge < -0.3 is 0 Å². The van der Waals surface area contributed by atoms with Gasteiger partial charge in [0, 0.05) is 0 Å². The summed E-state index contributed by atoms with van der Waals surface area (Å²) in [5, 5.41) is 9.10. The summed E-state index contributed by atoms with van der Waals surface area (Å²) in [6.07, 6.45) is 8.58. The SMILES string of the molecule is Cc1ccc2c(c1-c1cccc3ccccc13)C=C(c1occ3ccccc13)[CH]2[Zr]([Cl])([Cl])([CH]1C(c2occ3ccccc23)=Cc2c1ccc(C)c2-c1cccc2ccccc12)=[Si](C)C. The molecule has 0 N–H and O–H groups in total. The molecule has 2 atom stereocenters. The van der Waals surface area contributed by atoms with Crippen molar-refractivity contribution in [1.82, 2.24) is 0 Å². The van der Waals surface area contributed by atoms with Crippen LogP contribution in [0.3, 0.4) is 0 Å². The van der Waals surface area contributed by atoms with Crippen LogP contribution < -0.4 is 0 Å². The van der Waals surface area contributed by atoms with E-state index in [9.17, 15) is 17.0 Å². The zero-order chi connectivity index (χ0) is 43.5. The fourth-order valence-corrected chi connectivity index (χ4v) is 39.1. The van der Waals surface area contributed by atoms with Gasteiger partial charge in [-0.1, -0.05) is 0 Å². The fraction of sp³-hybridized carbons (Fsp3) is 0.103. The van der Waals surface area contributed by atoms with E-state index in [0.717, 1.165) is 44.2 Å². The molecule has 6 heteroatoms. The van der Waals surface area contributed by atoms with Gasteiger partial charge in [-0.05, 0) is 0 Å². The number of benzene rings is 8. The van der Waals surface area contributed by atoms with Crippen molar-refractivity contribution in [3.63, 3.8) is 0 Å². The molecule has 2 aliphatic carbocycles. The van der Waals surface area contributed by atoms with E-state index < -0.39 is 20.4 Å². The van der Waals surface area contributed by atoms with Crippen molar-refractivity contribution in [3.05, 3.63) is 215 Å². The average Bonchev–Trinajstić information content (AvgIpc) is 4.12. The van der Waals surface area contributed by atoms with Crippen LogP contribution in [0.1, 0.15) is 52.2 Å². The molecule has 0 aliphatic heterocycles. The molecule has 10 aromatic rings. The van der Waals surface area contributed by atoms with Crippen molar-refractivity contribution in [2.45, 2.75) is 34.2 Å². The Morgan fingerprint density at radius 1 is 0.438 bits per heavy atom. The average molecular weight is 963 g/mol. The van der Waals surface area contributed by atoms with E-state index in [1.165, 1.54) is 77.2 Å². The molecular formula is C58H44Cl2O2SiZr. The van der Waals surface area contributed by atoms with Crippen LogP contribution in [0.5, 0.6) is 0 Å². The van der Waals surface area contributed by atoms with Gasteiger partial charge in [-0.3, -0.25) is 0 Å². The van der Waals surface area contributed by atoms with Crippen molar-refractivity contribution in [1.29, 1.82) is 0 Å². The number of fused-ring (bicyclic) bond motifs is 6. The van der Waals surface area contributed by atoms with Crippen LogP contribution in [0, 0.1) is 13.8 Å². The van der Waals surface area contributed by atoms with Crippen molar-refractivity contribution in [2.75, 3.05) is 0 Å². The first-order chi connectivity index (χ1) is 31.1. The summed E-state index contributed by atoms with van der Waals surface area (Å²) >= 11 is -5.63. The van der Waals surface area contributed by atoms with Gasteiger partial charge in [0.2, 0.25) is 0 Å². The quantitative estimate of drug-likeness (QED) is 0.155. The predicted octanol–water partition coefficient (Wildman–Crippen LogP) is 17.6. The second kappa shape index (κ2) is 14.8. The molecule has 2 unspecified atom stereocenters. The first-order valence-corrected chi connectivity index (χ1v) is 37.4. The van der Waals surface area contributed by atoms with Crippen LogP contribution in [0.25, 0.3) is 88.6 Å². The molecule has 2 aliphatic rings. The van der Waals surface area contributed by atoms with E-state index in [2.05, 4.69) is 197 Å². The third-order valence-corrected chi connectivity index (χ3v) is 60.8. The maximum absolute atomic E-state index is 9.25. The summed E-state index contributed by atoms with van der Waals surface area (Å²) in [5.74, 6) is 1.69. The van der Waals surface area contributed by atoms with Crippen LogP contribution in [-0.2, 0) is 15.0 Å². The molecule has 0 radical (unpaired) electrons. The van der Waals surface area contributed by atoms with Crippen LogP contribution in [0.2, 0.25) is 13.1 Å². The van der Waals surface area contributed by atoms with Gasteiger partial charge in [-0.2, -0.15) is 0 Å². The minimum atomic E-state index is -5.63. The van der Waals surface area contributed by atoms with E-state index >= 15 is 0 Å². The monoisotopic (exact) mass is 960 g/mol. The zero-order valence-corrected chi connectivity index (χ0v) is 41.0. The first-order valence-electron chi connectivity index (χ1n) is 22.1. The van der Waals surface area contributed by atoms with Gasteiger partial charge in [0.1, 0.15) is 0 Å². The van der Waals surface area contributed by atoms with Crippen LogP contribution in [0.4, 0.5) is 0 Å². The summed E-state index contributed by atoms with van der Waals surface area (Å²) in [4.78, 5) is 0. The van der Waals surface area contributed by atoms with Crippen molar-refractivity contribution < 1.29 is 23.8 Å². The summed E-state index contributed by atoms with van der Waals surface area (Å²) in [7, 11) is 18.5. The topological polar surface area (TPSA) is 26.3 Å². The molecule has 0 bridgehead atoms. The molecule has 0 amide bonds. The molecule has 0 fully saturated rings. The molecule has 2 aromatic heterocycles. The molecule has 0 saturated heterocycles. The molecular weight excluding hydrogens is 919 g/mol. The minimum absolute atomic E-state index is 0.310. The Labute approximate surface area is 381 Å². The summed E-state index contributed by atoms with van der Waals surface area (Å²) in [6, 6.07) is 56.9. The Balaban J connectivity index is 1.20. The Hall–Kier alpha value is -5.48. The number of halogens is 2. The third kappa shape index (κ3) is 5.72. The molecule has 2 nitrogen and oxygen atoms in total. The van der Waals surface area contributed by atoms with Gasteiger partial charge in [0.15, 0.2) is 0 Å². The van der Waals surface area contributed by atoms with Crippen molar-refractivity contribution in [3.8, 4) is 22.3 Å². The maximum atomic E-state index is 9.25. The number of hydrogen-bond acceptors (Lipinski definition) is 2. The molecule has 2 heterocycles. The standard InChI is InChI=1S/2C28H19O.C2H6Si.2ClH.Zr/c2*1-18-13-14-20-15-22(28-24-11-5-3-8-21(24)17-29-28)16-26(20)27(18)25-12-6-9-19-7-2-4-10-23(19)25;1-3-2;;;/h2*2-17H,1H3;1-2H3;2*1H;/q;;;;;+2/p-2. The molecule has 64 heavy (non-hydrogen) atoms. The number of rotatable bonds is 6. The van der Waals surface area contributed by atoms with E-state index in [1.807, 2.05) is 12.5 Å². The molecule has 0 spiro atoms. The fourth-order valence-electron chi connectivity index (χ4n) is 11.4. The van der Waals surface area contributed by atoms with Gasteiger partial charge in [-0.25, -0.2) is 0 Å². The van der Waals surface area contributed by atoms with Gasteiger partial charge >= 0.3 is 384 Å². The van der Waals surface area contributed by atoms with Crippen molar-refractivity contribution >= 4 is 88.8 Å². The van der Waals surface area contributed by atoms with Gasteiger partial charge in [0.05, 0.1) is 0 Å². The van der Waals surface area contributed by atoms with Crippen LogP contribution in [-0.4, -0.2) is 5.43 Å². The number of hydrogen-bond donors (Lipinski definition) is 0. The second-order valence-electron chi connectivity index (χ2n) is 18.1. The normalized spacial score (nSPS) is 16.1. The van der Waals surface area contributed by atoms with Gasteiger partial charge in [0.25, 0.3) is 0 Å². The van der Waals surface area contributed by atoms with Gasteiger partial charge in [-0.15, -0.1) is 0 Å². The molecule has 8 aromatic carbocycles. The Morgan fingerprint density at radius 2 is 0.812 bits per heavy atom. The third-order valence-electron chi connectivity index (χ3n) is 14.5. The van der Waals surface area contributed by atoms with Crippen LogP contribution >= 0.6 is 17.0 Å². The Bertz CT molecular complexity index is 3510.